The summed E-state index contributed by atoms with van der Waals surface area (Å²) in [7, 11) is -3.95. The van der Waals surface area contributed by atoms with E-state index in [0.717, 1.165) is 0 Å². The highest BCUT2D eigenvalue weighted by Crippen LogP contribution is 2.06. The van der Waals surface area contributed by atoms with Crippen molar-refractivity contribution in [2.24, 2.45) is 5.73 Å². The van der Waals surface area contributed by atoms with Gasteiger partial charge < -0.3 is 10.8 Å². The van der Waals surface area contributed by atoms with Gasteiger partial charge in [-0.2, -0.15) is 0 Å². The Kier molecular flexibility index (Phi) is 3.86. The standard InChI is InChI=1S/C6H11NO5S/c1-2-4(6(7)10)13(11,12)3-5(8)9/h4H,2-3H2,1H3,(H2,7,10)(H,8,9). The van der Waals surface area contributed by atoms with Crippen molar-refractivity contribution < 1.29 is 23.1 Å². The number of carboxylic acid groups (broad SMARTS) is 1. The highest BCUT2D eigenvalue weighted by atomic mass is 32.2. The maximum absolute atomic E-state index is 11.1. The van der Waals surface area contributed by atoms with Crippen LogP contribution in [0.2, 0.25) is 0 Å². The number of carboxylic acids is 1. The van der Waals surface area contributed by atoms with Gasteiger partial charge in [-0.1, -0.05) is 6.92 Å². The first-order valence-corrected chi connectivity index (χ1v) is 5.25. The lowest BCUT2D eigenvalue weighted by Crippen LogP contribution is -2.38. The minimum atomic E-state index is -3.95. The van der Waals surface area contributed by atoms with Crippen molar-refractivity contribution in [2.45, 2.75) is 18.6 Å². The second-order valence-electron chi connectivity index (χ2n) is 2.50. The van der Waals surface area contributed by atoms with Crippen LogP contribution in [0, 0.1) is 0 Å². The highest BCUT2D eigenvalue weighted by Gasteiger charge is 2.30. The second-order valence-corrected chi connectivity index (χ2v) is 4.68. The van der Waals surface area contributed by atoms with Gasteiger partial charge in [0.25, 0.3) is 0 Å². The van der Waals surface area contributed by atoms with Gasteiger partial charge in [0.05, 0.1) is 0 Å². The quantitative estimate of drug-likeness (QED) is 0.587. The number of sulfone groups is 1. The van der Waals surface area contributed by atoms with E-state index in [1.807, 2.05) is 0 Å². The van der Waals surface area contributed by atoms with Gasteiger partial charge in [-0.15, -0.1) is 0 Å². The number of nitrogens with two attached hydrogens (primary N) is 1. The maximum atomic E-state index is 11.1. The first kappa shape index (κ1) is 11.9. The molecule has 1 atom stereocenters. The van der Waals surface area contributed by atoms with Crippen LogP contribution < -0.4 is 5.73 Å². The minimum Gasteiger partial charge on any atom is -0.480 e. The number of primary amides is 1. The number of carbonyl (C=O) groups excluding carboxylic acids is 1. The molecule has 0 radical (unpaired) electrons. The number of hydrogen-bond donors (Lipinski definition) is 2. The molecule has 7 heteroatoms. The molecule has 0 bridgehead atoms. The number of amides is 1. The van der Waals surface area contributed by atoms with Crippen LogP contribution in [-0.4, -0.2) is 36.4 Å². The molecule has 0 saturated heterocycles. The molecule has 1 amide bonds. The van der Waals surface area contributed by atoms with Crippen molar-refractivity contribution in [1.82, 2.24) is 0 Å². The minimum absolute atomic E-state index is 0.00898. The van der Waals surface area contributed by atoms with Crippen molar-refractivity contribution in [3.05, 3.63) is 0 Å². The van der Waals surface area contributed by atoms with Crippen molar-refractivity contribution in [3.63, 3.8) is 0 Å². The third-order valence-electron chi connectivity index (χ3n) is 1.45. The molecule has 76 valence electrons. The Morgan fingerprint density at radius 2 is 1.92 bits per heavy atom. The molecule has 0 rings (SSSR count). The van der Waals surface area contributed by atoms with Crippen molar-refractivity contribution in [1.29, 1.82) is 0 Å². The predicted molar refractivity (Wildman–Crippen MR) is 44.7 cm³/mol. The Labute approximate surface area is 75.6 Å². The smallest absolute Gasteiger partial charge is 0.318 e. The molecule has 0 spiro atoms. The van der Waals surface area contributed by atoms with Crippen LogP contribution in [0.1, 0.15) is 13.3 Å². The third-order valence-corrected chi connectivity index (χ3v) is 3.53. The Bertz CT molecular complexity index is 307. The van der Waals surface area contributed by atoms with E-state index < -0.39 is 32.7 Å². The van der Waals surface area contributed by atoms with Crippen LogP contribution in [-0.2, 0) is 19.4 Å². The van der Waals surface area contributed by atoms with E-state index in [1.165, 1.54) is 6.92 Å². The molecule has 1 unspecified atom stereocenters. The van der Waals surface area contributed by atoms with E-state index in [-0.39, 0.29) is 6.42 Å². The van der Waals surface area contributed by atoms with E-state index >= 15 is 0 Å². The Balaban J connectivity index is 4.79. The Morgan fingerprint density at radius 3 is 2.15 bits per heavy atom. The van der Waals surface area contributed by atoms with E-state index in [4.69, 9.17) is 10.8 Å². The summed E-state index contributed by atoms with van der Waals surface area (Å²) >= 11 is 0. The van der Waals surface area contributed by atoms with Crippen molar-refractivity contribution in [3.8, 4) is 0 Å². The van der Waals surface area contributed by atoms with Gasteiger partial charge in [-0.05, 0) is 6.42 Å². The second kappa shape index (κ2) is 4.22. The molecule has 3 N–H and O–H groups in total. The molecule has 0 aromatic heterocycles. The molecule has 0 aromatic carbocycles. The van der Waals surface area contributed by atoms with E-state index in [9.17, 15) is 18.0 Å². The molecule has 0 aromatic rings. The molecular formula is C6H11NO5S. The lowest BCUT2D eigenvalue weighted by Gasteiger charge is -2.09. The zero-order valence-electron chi connectivity index (χ0n) is 7.06. The monoisotopic (exact) mass is 209 g/mol. The summed E-state index contributed by atoms with van der Waals surface area (Å²) in [6, 6.07) is 0. The van der Waals surface area contributed by atoms with Gasteiger partial charge in [-0.3, -0.25) is 9.59 Å². The van der Waals surface area contributed by atoms with Crippen LogP contribution in [0.4, 0.5) is 0 Å². The predicted octanol–water partition coefficient (Wildman–Crippen LogP) is -1.25. The molecule has 0 aliphatic carbocycles. The molecule has 0 aliphatic rings. The maximum Gasteiger partial charge on any atom is 0.318 e. The topological polar surface area (TPSA) is 115 Å². The molecule has 13 heavy (non-hydrogen) atoms. The van der Waals surface area contributed by atoms with Gasteiger partial charge in [0.1, 0.15) is 11.0 Å². The number of carbonyl (C=O) groups is 2. The summed E-state index contributed by atoms with van der Waals surface area (Å²) in [5, 5.41) is 6.84. The summed E-state index contributed by atoms with van der Waals surface area (Å²) in [5.41, 5.74) is 4.80. The lowest BCUT2D eigenvalue weighted by molar-refractivity contribution is -0.134. The van der Waals surface area contributed by atoms with Gasteiger partial charge in [0, 0.05) is 0 Å². The highest BCUT2D eigenvalue weighted by molar-refractivity contribution is 7.93. The number of aliphatic carboxylic acids is 1. The van der Waals surface area contributed by atoms with Crippen LogP contribution >= 0.6 is 0 Å². The molecule has 0 aliphatic heterocycles. The molecule has 0 heterocycles. The van der Waals surface area contributed by atoms with Crippen LogP contribution in [0.15, 0.2) is 0 Å². The van der Waals surface area contributed by atoms with Crippen molar-refractivity contribution in [2.75, 3.05) is 5.75 Å². The summed E-state index contributed by atoms with van der Waals surface area (Å²) in [4.78, 5) is 20.7. The molecule has 0 saturated carbocycles. The molecule has 6 nitrogen and oxygen atoms in total. The summed E-state index contributed by atoms with van der Waals surface area (Å²) in [6.07, 6.45) is -0.00898. The number of rotatable bonds is 5. The van der Waals surface area contributed by atoms with E-state index in [0.29, 0.717) is 0 Å². The zero-order chi connectivity index (χ0) is 10.6. The van der Waals surface area contributed by atoms with Crippen LogP contribution in [0.5, 0.6) is 0 Å². The van der Waals surface area contributed by atoms with E-state index in [1.54, 1.807) is 0 Å². The van der Waals surface area contributed by atoms with Crippen LogP contribution in [0.3, 0.4) is 0 Å². The average Bonchev–Trinajstić information content (AvgIpc) is 1.82. The lowest BCUT2D eigenvalue weighted by atomic mass is 10.3. The summed E-state index contributed by atoms with van der Waals surface area (Å²) in [5.74, 6) is -3.56. The van der Waals surface area contributed by atoms with Gasteiger partial charge in [0.2, 0.25) is 5.91 Å². The van der Waals surface area contributed by atoms with Crippen molar-refractivity contribution >= 4 is 21.7 Å². The Hall–Kier alpha value is -1.11. The van der Waals surface area contributed by atoms with Gasteiger partial charge in [-0.25, -0.2) is 8.42 Å². The first-order chi connectivity index (χ1) is 5.81. The average molecular weight is 209 g/mol. The fraction of sp³-hybridized carbons (Fsp3) is 0.667. The molecule has 0 fully saturated rings. The zero-order valence-corrected chi connectivity index (χ0v) is 7.87. The largest absolute Gasteiger partial charge is 0.480 e. The number of hydrogen-bond acceptors (Lipinski definition) is 4. The van der Waals surface area contributed by atoms with Gasteiger partial charge >= 0.3 is 5.97 Å². The fourth-order valence-corrected chi connectivity index (χ4v) is 2.31. The molecular weight excluding hydrogens is 198 g/mol. The SMILES string of the molecule is CCC(C(N)=O)S(=O)(=O)CC(=O)O. The normalized spacial score (nSPS) is 13.6. The summed E-state index contributed by atoms with van der Waals surface area (Å²) in [6.45, 7) is 1.45. The Morgan fingerprint density at radius 1 is 1.46 bits per heavy atom. The summed E-state index contributed by atoms with van der Waals surface area (Å²) < 4.78 is 22.3. The first-order valence-electron chi connectivity index (χ1n) is 3.54. The van der Waals surface area contributed by atoms with E-state index in [2.05, 4.69) is 0 Å². The fourth-order valence-electron chi connectivity index (χ4n) is 0.905. The third kappa shape index (κ3) is 3.41. The van der Waals surface area contributed by atoms with Crippen LogP contribution in [0.25, 0.3) is 0 Å². The van der Waals surface area contributed by atoms with Gasteiger partial charge in [0.15, 0.2) is 9.84 Å².